The summed E-state index contributed by atoms with van der Waals surface area (Å²) in [7, 11) is -0.894. The van der Waals surface area contributed by atoms with Crippen LogP contribution in [0.5, 0.6) is 0 Å². The second kappa shape index (κ2) is 7.03. The number of hydrogen-bond donors (Lipinski definition) is 1. The van der Waals surface area contributed by atoms with Gasteiger partial charge in [0.15, 0.2) is 0 Å². The van der Waals surface area contributed by atoms with Crippen molar-refractivity contribution < 1.29 is 8.95 Å². The van der Waals surface area contributed by atoms with Gasteiger partial charge in [-0.2, -0.15) is 0 Å². The minimum absolute atomic E-state index is 0.673. The molecule has 2 fully saturated rings. The van der Waals surface area contributed by atoms with Crippen LogP contribution in [0, 0.1) is 17.8 Å². The second-order valence-electron chi connectivity index (χ2n) is 6.36. The van der Waals surface area contributed by atoms with Crippen LogP contribution >= 0.6 is 0 Å². The lowest BCUT2D eigenvalue weighted by Crippen LogP contribution is -2.29. The van der Waals surface area contributed by atoms with Crippen LogP contribution in [0.4, 0.5) is 0 Å². The van der Waals surface area contributed by atoms with Gasteiger partial charge in [-0.25, -0.2) is 0 Å². The van der Waals surface area contributed by atoms with Crippen molar-refractivity contribution in [2.45, 2.75) is 30.8 Å². The molecule has 0 amide bonds. The second-order valence-corrected chi connectivity index (χ2v) is 7.74. The first-order valence-electron chi connectivity index (χ1n) is 7.95. The molecule has 3 atom stereocenters. The Kier molecular flexibility index (Phi) is 5.09. The predicted molar refractivity (Wildman–Crippen MR) is 85.6 cm³/mol. The first-order chi connectivity index (χ1) is 10.2. The summed E-state index contributed by atoms with van der Waals surface area (Å²) in [4.78, 5) is 0.881. The molecule has 1 saturated carbocycles. The van der Waals surface area contributed by atoms with Gasteiger partial charge in [0.25, 0.3) is 0 Å². The maximum absolute atomic E-state index is 11.3. The van der Waals surface area contributed by atoms with Crippen LogP contribution in [0.3, 0.4) is 0 Å². The third-order valence-electron chi connectivity index (χ3n) is 4.82. The Labute approximate surface area is 129 Å². The third kappa shape index (κ3) is 4.15. The van der Waals surface area contributed by atoms with Gasteiger partial charge in [-0.15, -0.1) is 0 Å². The molecule has 1 aliphatic carbocycles. The smallest absolute Gasteiger partial charge is 0.0717 e. The van der Waals surface area contributed by atoms with Crippen LogP contribution in [0.25, 0.3) is 0 Å². The van der Waals surface area contributed by atoms with E-state index in [0.29, 0.717) is 6.61 Å². The number of rotatable bonds is 6. The van der Waals surface area contributed by atoms with Crippen LogP contribution in [0.15, 0.2) is 29.2 Å². The molecule has 1 aromatic rings. The van der Waals surface area contributed by atoms with E-state index in [2.05, 4.69) is 5.32 Å². The highest BCUT2D eigenvalue weighted by atomic mass is 32.2. The fourth-order valence-corrected chi connectivity index (χ4v) is 3.94. The minimum atomic E-state index is -0.894. The molecular formula is C17H25NO2S. The zero-order valence-corrected chi connectivity index (χ0v) is 13.5. The van der Waals surface area contributed by atoms with Gasteiger partial charge in [-0.05, 0) is 67.8 Å². The molecule has 116 valence electrons. The minimum Gasteiger partial charge on any atom is -0.376 e. The van der Waals surface area contributed by atoms with Crippen molar-refractivity contribution in [2.24, 2.45) is 17.8 Å². The summed E-state index contributed by atoms with van der Waals surface area (Å²) in [6.45, 7) is 3.96. The molecule has 4 heteroatoms. The van der Waals surface area contributed by atoms with Crippen LogP contribution in [0.2, 0.25) is 0 Å². The average Bonchev–Trinajstić information content (AvgIpc) is 3.28. The molecule has 0 bridgehead atoms. The quantitative estimate of drug-likeness (QED) is 0.878. The molecule has 1 heterocycles. The standard InChI is InChI=1S/C17H25NO2S/c1-21(19)16-4-2-13(3-5-16)11-20-12-15-10-17(15)14-6-8-18-9-7-14/h2-5,14-15,17-18H,6-12H2,1H3. The summed E-state index contributed by atoms with van der Waals surface area (Å²) in [6.07, 6.45) is 5.76. The van der Waals surface area contributed by atoms with Crippen molar-refractivity contribution in [3.05, 3.63) is 29.8 Å². The third-order valence-corrected chi connectivity index (χ3v) is 5.76. The zero-order valence-electron chi connectivity index (χ0n) is 12.7. The molecule has 0 radical (unpaired) electrons. The monoisotopic (exact) mass is 307 g/mol. The lowest BCUT2D eigenvalue weighted by molar-refractivity contribution is 0.104. The van der Waals surface area contributed by atoms with Gasteiger partial charge in [0.2, 0.25) is 0 Å². The Morgan fingerprint density at radius 2 is 1.95 bits per heavy atom. The van der Waals surface area contributed by atoms with Gasteiger partial charge in [-0.1, -0.05) is 12.1 Å². The number of hydrogen-bond acceptors (Lipinski definition) is 3. The van der Waals surface area contributed by atoms with Gasteiger partial charge in [0.1, 0.15) is 0 Å². The topological polar surface area (TPSA) is 38.3 Å². The van der Waals surface area contributed by atoms with Crippen molar-refractivity contribution in [3.63, 3.8) is 0 Å². The van der Waals surface area contributed by atoms with Crippen molar-refractivity contribution in [3.8, 4) is 0 Å². The van der Waals surface area contributed by atoms with E-state index in [4.69, 9.17) is 4.74 Å². The van der Waals surface area contributed by atoms with Crippen molar-refractivity contribution in [2.75, 3.05) is 26.0 Å². The van der Waals surface area contributed by atoms with E-state index in [0.717, 1.165) is 29.3 Å². The molecule has 1 aromatic carbocycles. The predicted octanol–water partition coefficient (Wildman–Crippen LogP) is 2.58. The SMILES string of the molecule is CS(=O)c1ccc(COCC2CC2C2CCNCC2)cc1. The number of piperidine rings is 1. The van der Waals surface area contributed by atoms with Crippen LogP contribution in [-0.4, -0.2) is 30.2 Å². The van der Waals surface area contributed by atoms with Crippen LogP contribution in [0.1, 0.15) is 24.8 Å². The van der Waals surface area contributed by atoms with E-state index in [9.17, 15) is 4.21 Å². The van der Waals surface area contributed by atoms with E-state index in [-0.39, 0.29) is 0 Å². The summed E-state index contributed by atoms with van der Waals surface area (Å²) < 4.78 is 17.2. The summed E-state index contributed by atoms with van der Waals surface area (Å²) in [5.74, 6) is 2.63. The van der Waals surface area contributed by atoms with E-state index in [1.54, 1.807) is 6.26 Å². The van der Waals surface area contributed by atoms with Crippen LogP contribution < -0.4 is 5.32 Å². The largest absolute Gasteiger partial charge is 0.376 e. The van der Waals surface area contributed by atoms with Gasteiger partial charge >= 0.3 is 0 Å². The fourth-order valence-electron chi connectivity index (χ4n) is 3.42. The first-order valence-corrected chi connectivity index (χ1v) is 9.50. The number of nitrogens with one attached hydrogen (secondary N) is 1. The Balaban J connectivity index is 1.38. The Bertz CT molecular complexity index is 482. The van der Waals surface area contributed by atoms with Crippen molar-refractivity contribution in [1.82, 2.24) is 5.32 Å². The first kappa shape index (κ1) is 15.2. The molecule has 1 N–H and O–H groups in total. The Hall–Kier alpha value is -0.710. The lowest BCUT2D eigenvalue weighted by atomic mass is 9.92. The van der Waals surface area contributed by atoms with E-state index in [1.165, 1.54) is 37.9 Å². The van der Waals surface area contributed by atoms with Gasteiger partial charge in [0.05, 0.1) is 13.2 Å². The fraction of sp³-hybridized carbons (Fsp3) is 0.647. The maximum atomic E-state index is 11.3. The van der Waals surface area contributed by atoms with Crippen molar-refractivity contribution in [1.29, 1.82) is 0 Å². The Morgan fingerprint density at radius 1 is 1.24 bits per heavy atom. The van der Waals surface area contributed by atoms with E-state index in [1.807, 2.05) is 24.3 Å². The summed E-state index contributed by atoms with van der Waals surface area (Å²) >= 11 is 0. The summed E-state index contributed by atoms with van der Waals surface area (Å²) in [6, 6.07) is 7.91. The highest BCUT2D eigenvalue weighted by Gasteiger charge is 2.42. The lowest BCUT2D eigenvalue weighted by Gasteiger charge is -2.22. The molecule has 1 aliphatic heterocycles. The zero-order chi connectivity index (χ0) is 14.7. The maximum Gasteiger partial charge on any atom is 0.0717 e. The average molecular weight is 307 g/mol. The van der Waals surface area contributed by atoms with Gasteiger partial charge < -0.3 is 10.1 Å². The van der Waals surface area contributed by atoms with E-state index < -0.39 is 10.8 Å². The molecule has 2 aliphatic rings. The molecular weight excluding hydrogens is 282 g/mol. The molecule has 3 nitrogen and oxygen atoms in total. The normalized spacial score (nSPS) is 27.5. The Morgan fingerprint density at radius 3 is 2.62 bits per heavy atom. The molecule has 21 heavy (non-hydrogen) atoms. The summed E-state index contributed by atoms with van der Waals surface area (Å²) in [5, 5.41) is 3.44. The van der Waals surface area contributed by atoms with Gasteiger partial charge in [-0.3, -0.25) is 4.21 Å². The van der Waals surface area contributed by atoms with Gasteiger partial charge in [0, 0.05) is 22.0 Å². The molecule has 0 aromatic heterocycles. The molecule has 1 saturated heterocycles. The highest BCUT2D eigenvalue weighted by molar-refractivity contribution is 7.84. The van der Waals surface area contributed by atoms with Crippen molar-refractivity contribution >= 4 is 10.8 Å². The van der Waals surface area contributed by atoms with Crippen LogP contribution in [-0.2, 0) is 22.1 Å². The molecule has 3 unspecified atom stereocenters. The number of benzene rings is 1. The number of ether oxygens (including phenoxy) is 1. The van der Waals surface area contributed by atoms with E-state index >= 15 is 0 Å². The highest BCUT2D eigenvalue weighted by Crippen LogP contribution is 2.47. The molecule has 3 rings (SSSR count). The summed E-state index contributed by atoms with van der Waals surface area (Å²) in [5.41, 5.74) is 1.17. The molecule has 0 spiro atoms.